The van der Waals surface area contributed by atoms with Gasteiger partial charge in [-0.3, -0.25) is 4.68 Å². The second-order valence-corrected chi connectivity index (χ2v) is 5.78. The Labute approximate surface area is 134 Å². The Morgan fingerprint density at radius 3 is 2.88 bits per heavy atom. The van der Waals surface area contributed by atoms with Crippen molar-refractivity contribution in [2.45, 2.75) is 44.7 Å². The number of hydrogen-bond donors (Lipinski definition) is 0. The van der Waals surface area contributed by atoms with E-state index in [1.165, 1.54) is 4.68 Å². The topological polar surface area (TPSA) is 75.2 Å². The molecule has 0 bridgehead atoms. The Kier molecular flexibility index (Phi) is 3.80. The summed E-state index contributed by atoms with van der Waals surface area (Å²) in [6.07, 6.45) is -2.62. The van der Waals surface area contributed by atoms with E-state index in [9.17, 15) is 13.2 Å². The SMILES string of the molecule is FC(F)(F)c1nn(Cc2nc(C3CCCO3)no2)c2c1COCC2. The molecule has 0 amide bonds. The minimum absolute atomic E-state index is 0.00185. The van der Waals surface area contributed by atoms with E-state index < -0.39 is 11.9 Å². The number of rotatable bonds is 3. The summed E-state index contributed by atoms with van der Waals surface area (Å²) >= 11 is 0. The van der Waals surface area contributed by atoms with Crippen molar-refractivity contribution in [3.8, 4) is 0 Å². The Balaban J connectivity index is 1.61. The summed E-state index contributed by atoms with van der Waals surface area (Å²) in [7, 11) is 0. The minimum Gasteiger partial charge on any atom is -0.376 e. The Bertz CT molecular complexity index is 734. The summed E-state index contributed by atoms with van der Waals surface area (Å²) in [6.45, 7) is 0.921. The second kappa shape index (κ2) is 5.85. The van der Waals surface area contributed by atoms with Crippen molar-refractivity contribution in [1.29, 1.82) is 0 Å². The van der Waals surface area contributed by atoms with E-state index in [1.54, 1.807) is 0 Å². The van der Waals surface area contributed by atoms with Gasteiger partial charge in [0.1, 0.15) is 12.6 Å². The van der Waals surface area contributed by atoms with Crippen LogP contribution in [0.1, 0.15) is 47.6 Å². The zero-order chi connectivity index (χ0) is 16.7. The van der Waals surface area contributed by atoms with E-state index >= 15 is 0 Å². The van der Waals surface area contributed by atoms with Crippen molar-refractivity contribution in [2.24, 2.45) is 0 Å². The maximum absolute atomic E-state index is 13.1. The molecule has 2 aliphatic heterocycles. The fraction of sp³-hybridized carbons (Fsp3) is 0.643. The predicted octanol–water partition coefficient (Wildman–Crippen LogP) is 2.26. The molecule has 0 spiro atoms. The van der Waals surface area contributed by atoms with Crippen molar-refractivity contribution >= 4 is 0 Å². The van der Waals surface area contributed by atoms with Crippen LogP contribution in [0.5, 0.6) is 0 Å². The van der Waals surface area contributed by atoms with Gasteiger partial charge in [-0.05, 0) is 12.8 Å². The van der Waals surface area contributed by atoms with Gasteiger partial charge in [-0.25, -0.2) is 0 Å². The molecule has 1 unspecified atom stereocenters. The molecular weight excluding hydrogens is 329 g/mol. The number of alkyl halides is 3. The highest BCUT2D eigenvalue weighted by molar-refractivity contribution is 5.29. The number of fused-ring (bicyclic) bond motifs is 1. The molecule has 0 N–H and O–H groups in total. The zero-order valence-corrected chi connectivity index (χ0v) is 12.7. The lowest BCUT2D eigenvalue weighted by Gasteiger charge is -2.14. The molecule has 4 rings (SSSR count). The number of nitrogens with zero attached hydrogens (tertiary/aromatic N) is 4. The van der Waals surface area contributed by atoms with Crippen LogP contribution >= 0.6 is 0 Å². The van der Waals surface area contributed by atoms with Crippen molar-refractivity contribution in [3.63, 3.8) is 0 Å². The summed E-state index contributed by atoms with van der Waals surface area (Å²) in [6, 6.07) is 0. The van der Waals surface area contributed by atoms with Crippen molar-refractivity contribution < 1.29 is 27.2 Å². The van der Waals surface area contributed by atoms with Gasteiger partial charge in [-0.15, -0.1) is 0 Å². The molecule has 0 aliphatic carbocycles. The van der Waals surface area contributed by atoms with Crippen LogP contribution in [0.15, 0.2) is 4.52 Å². The first-order valence-electron chi connectivity index (χ1n) is 7.70. The molecule has 0 aromatic carbocycles. The molecule has 1 fully saturated rings. The first-order valence-corrected chi connectivity index (χ1v) is 7.70. The van der Waals surface area contributed by atoms with E-state index in [0.717, 1.165) is 12.8 Å². The zero-order valence-electron chi connectivity index (χ0n) is 12.7. The molecule has 0 radical (unpaired) electrons. The number of aromatic nitrogens is 4. The summed E-state index contributed by atoms with van der Waals surface area (Å²) in [5.74, 6) is 0.647. The van der Waals surface area contributed by atoms with Crippen LogP contribution in [0.4, 0.5) is 13.2 Å². The van der Waals surface area contributed by atoms with Crippen LogP contribution < -0.4 is 0 Å². The standard InChI is InChI=1S/C14H15F3N4O3/c15-14(16,17)12-8-7-22-5-3-9(8)21(19-12)6-11-18-13(20-24-11)10-2-1-4-23-10/h10H,1-7H2. The smallest absolute Gasteiger partial charge is 0.376 e. The molecule has 1 atom stereocenters. The quantitative estimate of drug-likeness (QED) is 0.850. The third-order valence-corrected chi connectivity index (χ3v) is 4.15. The Hall–Kier alpha value is -1.94. The van der Waals surface area contributed by atoms with Crippen LogP contribution in [0.25, 0.3) is 0 Å². The average molecular weight is 344 g/mol. The highest BCUT2D eigenvalue weighted by Crippen LogP contribution is 2.35. The molecular formula is C14H15F3N4O3. The lowest BCUT2D eigenvalue weighted by molar-refractivity contribution is -0.142. The molecule has 1 saturated heterocycles. The highest BCUT2D eigenvalue weighted by Gasteiger charge is 2.40. The molecule has 24 heavy (non-hydrogen) atoms. The van der Waals surface area contributed by atoms with Gasteiger partial charge < -0.3 is 14.0 Å². The number of hydrogen-bond acceptors (Lipinski definition) is 6. The average Bonchev–Trinajstić information content (AvgIpc) is 3.26. The van der Waals surface area contributed by atoms with Crippen molar-refractivity contribution in [3.05, 3.63) is 28.7 Å². The third kappa shape index (κ3) is 2.80. The van der Waals surface area contributed by atoms with Crippen LogP contribution in [0, 0.1) is 0 Å². The van der Waals surface area contributed by atoms with E-state index in [1.807, 2.05) is 0 Å². The van der Waals surface area contributed by atoms with Gasteiger partial charge in [0.05, 0.1) is 13.2 Å². The first-order chi connectivity index (χ1) is 11.5. The first kappa shape index (κ1) is 15.6. The van der Waals surface area contributed by atoms with Crippen LogP contribution in [-0.4, -0.2) is 33.1 Å². The summed E-state index contributed by atoms with van der Waals surface area (Å²) in [5, 5.41) is 7.58. The van der Waals surface area contributed by atoms with Gasteiger partial charge in [0, 0.05) is 24.3 Å². The molecule has 0 saturated carbocycles. The highest BCUT2D eigenvalue weighted by atomic mass is 19.4. The molecule has 2 aromatic rings. The van der Waals surface area contributed by atoms with Gasteiger partial charge >= 0.3 is 6.18 Å². The molecule has 130 valence electrons. The van der Waals surface area contributed by atoms with Gasteiger partial charge in [-0.2, -0.15) is 23.3 Å². The largest absolute Gasteiger partial charge is 0.435 e. The Morgan fingerprint density at radius 1 is 1.25 bits per heavy atom. The van der Waals surface area contributed by atoms with Crippen molar-refractivity contribution in [1.82, 2.24) is 19.9 Å². The monoisotopic (exact) mass is 344 g/mol. The van der Waals surface area contributed by atoms with Gasteiger partial charge in [0.2, 0.25) is 11.7 Å². The lowest BCUT2D eigenvalue weighted by atomic mass is 10.1. The molecule has 7 nitrogen and oxygen atoms in total. The fourth-order valence-corrected chi connectivity index (χ4v) is 3.04. The van der Waals surface area contributed by atoms with E-state index in [4.69, 9.17) is 14.0 Å². The van der Waals surface area contributed by atoms with Crippen LogP contribution in [0.3, 0.4) is 0 Å². The maximum Gasteiger partial charge on any atom is 0.435 e. The molecule has 2 aromatic heterocycles. The van der Waals surface area contributed by atoms with Gasteiger partial charge in [0.25, 0.3) is 0 Å². The minimum atomic E-state index is -4.52. The third-order valence-electron chi connectivity index (χ3n) is 4.15. The van der Waals surface area contributed by atoms with Crippen molar-refractivity contribution in [2.75, 3.05) is 13.2 Å². The van der Waals surface area contributed by atoms with Crippen LogP contribution in [0.2, 0.25) is 0 Å². The molecule has 4 heterocycles. The number of ether oxygens (including phenoxy) is 2. The number of halogens is 3. The molecule has 10 heteroatoms. The summed E-state index contributed by atoms with van der Waals surface area (Å²) < 4.78 is 56.5. The Morgan fingerprint density at radius 2 is 2.12 bits per heavy atom. The predicted molar refractivity (Wildman–Crippen MR) is 71.9 cm³/mol. The molecule has 2 aliphatic rings. The lowest BCUT2D eigenvalue weighted by Crippen LogP contribution is -2.15. The maximum atomic E-state index is 13.1. The fourth-order valence-electron chi connectivity index (χ4n) is 3.04. The van der Waals surface area contributed by atoms with E-state index in [-0.39, 0.29) is 30.7 Å². The van der Waals surface area contributed by atoms with Gasteiger partial charge in [0.15, 0.2) is 5.69 Å². The summed E-state index contributed by atoms with van der Waals surface area (Å²) in [5.41, 5.74) is -0.311. The second-order valence-electron chi connectivity index (χ2n) is 5.78. The van der Waals surface area contributed by atoms with E-state index in [0.29, 0.717) is 31.2 Å². The van der Waals surface area contributed by atoms with Crippen LogP contribution in [-0.2, 0) is 35.2 Å². The van der Waals surface area contributed by atoms with E-state index in [2.05, 4.69) is 15.2 Å². The summed E-state index contributed by atoms with van der Waals surface area (Å²) in [4.78, 5) is 4.23. The normalized spacial score (nSPS) is 21.2. The van der Waals surface area contributed by atoms with Gasteiger partial charge in [-0.1, -0.05) is 5.16 Å².